The molecule has 0 aliphatic heterocycles. The number of ether oxygens (including phenoxy) is 3. The van der Waals surface area contributed by atoms with Gasteiger partial charge in [0.15, 0.2) is 11.5 Å². The molecule has 0 atom stereocenters. The van der Waals surface area contributed by atoms with Crippen molar-refractivity contribution in [2.24, 2.45) is 5.16 Å². The number of hydrogen-bond acceptors (Lipinski definition) is 6. The lowest BCUT2D eigenvalue weighted by molar-refractivity contribution is 0.126. The first-order chi connectivity index (χ1) is 14.1. The van der Waals surface area contributed by atoms with E-state index in [1.165, 1.54) is 0 Å². The number of H-pyrrole nitrogens is 1. The van der Waals surface area contributed by atoms with E-state index >= 15 is 0 Å². The number of hydrogen-bond donors (Lipinski definition) is 1. The average Bonchev–Trinajstić information content (AvgIpc) is 3.24. The molecule has 7 heteroatoms. The Kier molecular flexibility index (Phi) is 5.07. The summed E-state index contributed by atoms with van der Waals surface area (Å²) in [5.74, 6) is 2.11. The van der Waals surface area contributed by atoms with Crippen LogP contribution < -0.4 is 14.2 Å². The molecule has 1 aliphatic carbocycles. The number of oxime groups is 1. The predicted octanol–water partition coefficient (Wildman–Crippen LogP) is 3.50. The standard InChI is InChI=1S/C22H25N3O4/c1-25(2)8-9-29-24-22-15-12-19(28-5)18(27-4)11-14(15)21-20(22)16-10-13(26-3)6-7-17(16)23-21/h6-7,10-12,23H,8-9H2,1-5H3/b24-22-. The Balaban J connectivity index is 1.89. The van der Waals surface area contributed by atoms with E-state index in [1.807, 2.05) is 44.4 Å². The quantitative estimate of drug-likeness (QED) is 0.383. The van der Waals surface area contributed by atoms with Crippen molar-refractivity contribution in [1.82, 2.24) is 9.88 Å². The van der Waals surface area contributed by atoms with Crippen LogP contribution in [0.25, 0.3) is 22.2 Å². The monoisotopic (exact) mass is 395 g/mol. The van der Waals surface area contributed by atoms with Gasteiger partial charge in [-0.2, -0.15) is 0 Å². The summed E-state index contributed by atoms with van der Waals surface area (Å²) in [7, 11) is 8.93. The molecule has 1 aromatic heterocycles. The van der Waals surface area contributed by atoms with Crippen molar-refractivity contribution >= 4 is 16.6 Å². The van der Waals surface area contributed by atoms with Gasteiger partial charge < -0.3 is 28.9 Å². The number of aromatic amines is 1. The van der Waals surface area contributed by atoms with Crippen LogP contribution in [-0.2, 0) is 4.84 Å². The summed E-state index contributed by atoms with van der Waals surface area (Å²) in [4.78, 5) is 11.2. The molecule has 0 spiro atoms. The molecule has 2 aromatic carbocycles. The van der Waals surface area contributed by atoms with Crippen LogP contribution in [0.5, 0.6) is 17.2 Å². The van der Waals surface area contributed by atoms with Gasteiger partial charge >= 0.3 is 0 Å². The van der Waals surface area contributed by atoms with Gasteiger partial charge in [0, 0.05) is 34.1 Å². The summed E-state index contributed by atoms with van der Waals surface area (Å²) in [6, 6.07) is 9.88. The molecule has 0 saturated heterocycles. The minimum absolute atomic E-state index is 0.500. The first-order valence-electron chi connectivity index (χ1n) is 9.39. The van der Waals surface area contributed by atoms with Gasteiger partial charge in [0.2, 0.25) is 0 Å². The van der Waals surface area contributed by atoms with Gasteiger partial charge in [-0.15, -0.1) is 0 Å². The Bertz CT molecular complexity index is 1090. The summed E-state index contributed by atoms with van der Waals surface area (Å²) in [5.41, 5.74) is 5.71. The van der Waals surface area contributed by atoms with Crippen molar-refractivity contribution in [2.45, 2.75) is 0 Å². The Labute approximate surface area is 169 Å². The molecule has 3 aromatic rings. The van der Waals surface area contributed by atoms with E-state index in [1.54, 1.807) is 21.3 Å². The van der Waals surface area contributed by atoms with Gasteiger partial charge in [0.25, 0.3) is 0 Å². The van der Waals surface area contributed by atoms with E-state index in [4.69, 9.17) is 19.0 Å². The highest BCUT2D eigenvalue weighted by Crippen LogP contribution is 2.45. The first kappa shape index (κ1) is 19.1. The second kappa shape index (κ2) is 7.67. The molecular weight excluding hydrogens is 370 g/mol. The highest BCUT2D eigenvalue weighted by Gasteiger charge is 2.32. The first-order valence-corrected chi connectivity index (χ1v) is 9.39. The van der Waals surface area contributed by atoms with Crippen LogP contribution in [0.3, 0.4) is 0 Å². The molecule has 1 aliphatic rings. The number of fused-ring (bicyclic) bond motifs is 5. The Morgan fingerprint density at radius 3 is 2.31 bits per heavy atom. The molecule has 0 bridgehead atoms. The summed E-state index contributed by atoms with van der Waals surface area (Å²) in [6.07, 6.45) is 0. The van der Waals surface area contributed by atoms with Crippen molar-refractivity contribution in [2.75, 3.05) is 48.6 Å². The zero-order chi connectivity index (χ0) is 20.5. The minimum Gasteiger partial charge on any atom is -0.497 e. The number of likely N-dealkylation sites (N-methyl/N-ethyl adjacent to an activating group) is 1. The maximum absolute atomic E-state index is 5.68. The van der Waals surface area contributed by atoms with Crippen LogP contribution in [0.2, 0.25) is 0 Å². The molecule has 0 radical (unpaired) electrons. The third kappa shape index (κ3) is 3.27. The average molecular weight is 395 g/mol. The maximum Gasteiger partial charge on any atom is 0.161 e. The fourth-order valence-electron chi connectivity index (χ4n) is 3.59. The van der Waals surface area contributed by atoms with E-state index in [9.17, 15) is 0 Å². The lowest BCUT2D eigenvalue weighted by Crippen LogP contribution is -2.17. The minimum atomic E-state index is 0.500. The molecule has 152 valence electrons. The van der Waals surface area contributed by atoms with Crippen molar-refractivity contribution < 1.29 is 19.0 Å². The second-order valence-corrected chi connectivity index (χ2v) is 7.12. The number of nitrogens with zero attached hydrogens (tertiary/aromatic N) is 2. The third-order valence-corrected chi connectivity index (χ3v) is 5.08. The zero-order valence-electron chi connectivity index (χ0n) is 17.3. The van der Waals surface area contributed by atoms with Crippen LogP contribution in [0.4, 0.5) is 0 Å². The van der Waals surface area contributed by atoms with Gasteiger partial charge in [-0.1, -0.05) is 5.16 Å². The summed E-state index contributed by atoms with van der Waals surface area (Å²) in [5, 5.41) is 5.55. The number of nitrogens with one attached hydrogen (secondary N) is 1. The number of benzene rings is 2. The second-order valence-electron chi connectivity index (χ2n) is 7.12. The smallest absolute Gasteiger partial charge is 0.161 e. The van der Waals surface area contributed by atoms with Crippen LogP contribution in [0.15, 0.2) is 35.5 Å². The summed E-state index contributed by atoms with van der Waals surface area (Å²) >= 11 is 0. The Morgan fingerprint density at radius 1 is 0.931 bits per heavy atom. The summed E-state index contributed by atoms with van der Waals surface area (Å²) in [6.45, 7) is 1.28. The summed E-state index contributed by atoms with van der Waals surface area (Å²) < 4.78 is 16.5. The number of rotatable bonds is 7. The molecule has 0 unspecified atom stereocenters. The number of aromatic nitrogens is 1. The van der Waals surface area contributed by atoms with E-state index in [0.29, 0.717) is 18.1 Å². The zero-order valence-corrected chi connectivity index (χ0v) is 17.3. The van der Waals surface area contributed by atoms with Gasteiger partial charge in [0.1, 0.15) is 18.1 Å². The van der Waals surface area contributed by atoms with Crippen molar-refractivity contribution in [3.05, 3.63) is 41.5 Å². The maximum atomic E-state index is 5.68. The molecule has 0 saturated carbocycles. The van der Waals surface area contributed by atoms with Gasteiger partial charge in [-0.05, 0) is 44.4 Å². The van der Waals surface area contributed by atoms with Crippen LogP contribution >= 0.6 is 0 Å². The Hall–Kier alpha value is -3.19. The lowest BCUT2D eigenvalue weighted by atomic mass is 10.1. The molecule has 1 heterocycles. The van der Waals surface area contributed by atoms with Crippen LogP contribution in [-0.4, -0.2) is 64.2 Å². The van der Waals surface area contributed by atoms with Gasteiger partial charge in [-0.25, -0.2) is 0 Å². The van der Waals surface area contributed by atoms with Crippen molar-refractivity contribution in [1.29, 1.82) is 0 Å². The van der Waals surface area contributed by atoms with E-state index in [2.05, 4.69) is 15.0 Å². The lowest BCUT2D eigenvalue weighted by Gasteiger charge is -2.11. The molecule has 29 heavy (non-hydrogen) atoms. The molecule has 4 rings (SSSR count). The van der Waals surface area contributed by atoms with Crippen LogP contribution in [0.1, 0.15) is 11.1 Å². The van der Waals surface area contributed by atoms with Crippen LogP contribution in [0, 0.1) is 0 Å². The predicted molar refractivity (Wildman–Crippen MR) is 114 cm³/mol. The number of methoxy groups -OCH3 is 3. The highest BCUT2D eigenvalue weighted by molar-refractivity contribution is 6.30. The fraction of sp³-hybridized carbons (Fsp3) is 0.318. The molecule has 7 nitrogen and oxygen atoms in total. The molecular formula is C22H25N3O4. The SMILES string of the molecule is COc1ccc2[nH]c3c(c2c1)/C(=N\OCCN(C)C)c1cc(OC)c(OC)cc1-3. The van der Waals surface area contributed by atoms with Gasteiger partial charge in [-0.3, -0.25) is 0 Å². The van der Waals surface area contributed by atoms with Crippen molar-refractivity contribution in [3.8, 4) is 28.5 Å². The largest absolute Gasteiger partial charge is 0.497 e. The Morgan fingerprint density at radius 2 is 1.66 bits per heavy atom. The molecule has 1 N–H and O–H groups in total. The van der Waals surface area contributed by atoms with E-state index in [0.717, 1.165) is 51.3 Å². The van der Waals surface area contributed by atoms with Gasteiger partial charge in [0.05, 0.1) is 27.0 Å². The van der Waals surface area contributed by atoms with Crippen molar-refractivity contribution in [3.63, 3.8) is 0 Å². The van der Waals surface area contributed by atoms with E-state index < -0.39 is 0 Å². The molecule has 0 fully saturated rings. The molecule has 0 amide bonds. The fourth-order valence-corrected chi connectivity index (χ4v) is 3.59. The third-order valence-electron chi connectivity index (χ3n) is 5.08. The van der Waals surface area contributed by atoms with E-state index in [-0.39, 0.29) is 0 Å². The normalized spacial score (nSPS) is 13.7. The highest BCUT2D eigenvalue weighted by atomic mass is 16.6. The topological polar surface area (TPSA) is 68.3 Å².